The van der Waals surface area contributed by atoms with Crippen molar-refractivity contribution >= 4 is 11.6 Å². The summed E-state index contributed by atoms with van der Waals surface area (Å²) in [7, 11) is 4.82. The molecule has 0 saturated carbocycles. The Balaban J connectivity index is 1.95. The lowest BCUT2D eigenvalue weighted by atomic mass is 9.98. The number of rotatable bonds is 5. The van der Waals surface area contributed by atoms with E-state index in [1.165, 1.54) is 11.9 Å². The van der Waals surface area contributed by atoms with E-state index in [1.54, 1.807) is 21.3 Å². The van der Waals surface area contributed by atoms with Gasteiger partial charge < -0.3 is 14.2 Å². The molecule has 26 heavy (non-hydrogen) atoms. The van der Waals surface area contributed by atoms with Crippen LogP contribution in [-0.4, -0.2) is 38.0 Å². The Morgan fingerprint density at radius 2 is 1.81 bits per heavy atom. The van der Waals surface area contributed by atoms with Crippen LogP contribution >= 0.6 is 0 Å². The fourth-order valence-corrected chi connectivity index (χ4v) is 3.10. The van der Waals surface area contributed by atoms with E-state index in [4.69, 9.17) is 14.2 Å². The van der Waals surface area contributed by atoms with E-state index >= 15 is 0 Å². The molecule has 2 aromatic carbocycles. The maximum Gasteiger partial charge on any atom is 0.240 e. The third-order valence-electron chi connectivity index (χ3n) is 4.43. The smallest absolute Gasteiger partial charge is 0.240 e. The molecule has 0 spiro atoms. The molecule has 1 aliphatic rings. The van der Waals surface area contributed by atoms with Crippen molar-refractivity contribution in [1.82, 2.24) is 5.01 Å². The highest BCUT2D eigenvalue weighted by Crippen LogP contribution is 2.37. The number of amides is 1. The highest BCUT2D eigenvalue weighted by Gasteiger charge is 2.32. The average molecular weight is 354 g/mol. The van der Waals surface area contributed by atoms with Gasteiger partial charge in [0, 0.05) is 18.9 Å². The van der Waals surface area contributed by atoms with Crippen molar-refractivity contribution in [3.63, 3.8) is 0 Å². The lowest BCUT2D eigenvalue weighted by Crippen LogP contribution is -2.24. The quantitative estimate of drug-likeness (QED) is 0.826. The van der Waals surface area contributed by atoms with Crippen molar-refractivity contribution in [2.45, 2.75) is 19.4 Å². The lowest BCUT2D eigenvalue weighted by molar-refractivity contribution is -0.130. The van der Waals surface area contributed by atoms with Gasteiger partial charge in [-0.05, 0) is 29.8 Å². The predicted octanol–water partition coefficient (Wildman–Crippen LogP) is 3.41. The number of hydrogen-bond acceptors (Lipinski definition) is 5. The van der Waals surface area contributed by atoms with E-state index in [0.29, 0.717) is 17.9 Å². The largest absolute Gasteiger partial charge is 0.497 e. The highest BCUT2D eigenvalue weighted by molar-refractivity contribution is 6.03. The van der Waals surface area contributed by atoms with E-state index in [-0.39, 0.29) is 11.9 Å². The third kappa shape index (κ3) is 3.35. The van der Waals surface area contributed by atoms with Gasteiger partial charge in [-0.1, -0.05) is 18.2 Å². The van der Waals surface area contributed by atoms with Crippen LogP contribution in [-0.2, 0) is 4.79 Å². The van der Waals surface area contributed by atoms with Crippen molar-refractivity contribution in [2.75, 3.05) is 21.3 Å². The molecule has 6 heteroatoms. The van der Waals surface area contributed by atoms with Gasteiger partial charge in [-0.25, -0.2) is 5.01 Å². The summed E-state index contributed by atoms with van der Waals surface area (Å²) >= 11 is 0. The topological polar surface area (TPSA) is 60.4 Å². The molecule has 0 fully saturated rings. The van der Waals surface area contributed by atoms with Gasteiger partial charge in [0.1, 0.15) is 5.75 Å². The van der Waals surface area contributed by atoms with Gasteiger partial charge in [0.15, 0.2) is 11.5 Å². The van der Waals surface area contributed by atoms with E-state index in [9.17, 15) is 4.79 Å². The third-order valence-corrected chi connectivity index (χ3v) is 4.43. The van der Waals surface area contributed by atoms with Crippen molar-refractivity contribution in [3.05, 3.63) is 53.6 Å². The van der Waals surface area contributed by atoms with E-state index in [0.717, 1.165) is 22.6 Å². The van der Waals surface area contributed by atoms with Gasteiger partial charge in [0.2, 0.25) is 5.91 Å². The fourth-order valence-electron chi connectivity index (χ4n) is 3.10. The van der Waals surface area contributed by atoms with Crippen LogP contribution in [0.5, 0.6) is 17.2 Å². The summed E-state index contributed by atoms with van der Waals surface area (Å²) in [6.07, 6.45) is 0.613. The zero-order valence-electron chi connectivity index (χ0n) is 15.4. The van der Waals surface area contributed by atoms with Crippen LogP contribution in [0.1, 0.15) is 30.5 Å². The number of carbonyl (C=O) groups excluding carboxylic acids is 1. The SMILES string of the molecule is COc1cccc(C2=NN(C(C)=O)[C@@H](c3ccc(OC)c(OC)c3)C2)c1. The second kappa shape index (κ2) is 7.47. The highest BCUT2D eigenvalue weighted by atomic mass is 16.5. The number of hydrazone groups is 1. The Bertz CT molecular complexity index is 847. The maximum atomic E-state index is 12.1. The second-order valence-electron chi connectivity index (χ2n) is 5.98. The summed E-state index contributed by atoms with van der Waals surface area (Å²) in [6, 6.07) is 13.2. The maximum absolute atomic E-state index is 12.1. The Hall–Kier alpha value is -3.02. The van der Waals surface area contributed by atoms with Crippen molar-refractivity contribution < 1.29 is 19.0 Å². The molecular formula is C20H22N2O4. The molecular weight excluding hydrogens is 332 g/mol. The van der Waals surface area contributed by atoms with Crippen molar-refractivity contribution in [1.29, 1.82) is 0 Å². The molecule has 1 heterocycles. The first-order valence-electron chi connectivity index (χ1n) is 8.31. The van der Waals surface area contributed by atoms with Gasteiger partial charge in [0.05, 0.1) is 33.1 Å². The second-order valence-corrected chi connectivity index (χ2v) is 5.98. The molecule has 0 unspecified atom stereocenters. The Morgan fingerprint density at radius 3 is 2.46 bits per heavy atom. The summed E-state index contributed by atoms with van der Waals surface area (Å²) in [5, 5.41) is 6.09. The monoisotopic (exact) mass is 354 g/mol. The summed E-state index contributed by atoms with van der Waals surface area (Å²) in [6.45, 7) is 1.52. The zero-order chi connectivity index (χ0) is 18.7. The number of nitrogens with zero attached hydrogens (tertiary/aromatic N) is 2. The first-order valence-corrected chi connectivity index (χ1v) is 8.31. The molecule has 136 valence electrons. The number of methoxy groups -OCH3 is 3. The summed E-state index contributed by atoms with van der Waals surface area (Å²) < 4.78 is 16.0. The fraction of sp³-hybridized carbons (Fsp3) is 0.300. The van der Waals surface area contributed by atoms with Gasteiger partial charge in [-0.15, -0.1) is 0 Å². The Kier molecular flexibility index (Phi) is 5.11. The van der Waals surface area contributed by atoms with Crippen molar-refractivity contribution in [3.8, 4) is 17.2 Å². The van der Waals surface area contributed by atoms with Crippen LogP contribution in [0.4, 0.5) is 0 Å². The van der Waals surface area contributed by atoms with Crippen LogP contribution in [0.2, 0.25) is 0 Å². The minimum absolute atomic E-state index is 0.109. The first-order chi connectivity index (χ1) is 12.6. The molecule has 0 aromatic heterocycles. The number of carbonyl (C=O) groups is 1. The minimum Gasteiger partial charge on any atom is -0.497 e. The molecule has 2 aromatic rings. The number of hydrogen-bond donors (Lipinski definition) is 0. The van der Waals surface area contributed by atoms with Crippen LogP contribution in [0.3, 0.4) is 0 Å². The first kappa shape index (κ1) is 17.8. The normalized spacial score (nSPS) is 16.2. The van der Waals surface area contributed by atoms with Crippen LogP contribution in [0.25, 0.3) is 0 Å². The Morgan fingerprint density at radius 1 is 1.04 bits per heavy atom. The summed E-state index contributed by atoms with van der Waals surface area (Å²) in [4.78, 5) is 12.1. The van der Waals surface area contributed by atoms with Crippen molar-refractivity contribution in [2.24, 2.45) is 5.10 Å². The average Bonchev–Trinajstić information content (AvgIpc) is 3.13. The molecule has 0 N–H and O–H groups in total. The summed E-state index contributed by atoms with van der Waals surface area (Å²) in [5.74, 6) is 1.93. The van der Waals surface area contributed by atoms with Gasteiger partial charge in [-0.3, -0.25) is 4.79 Å². The Labute approximate surface area is 153 Å². The summed E-state index contributed by atoms with van der Waals surface area (Å²) in [5.41, 5.74) is 2.73. The van der Waals surface area contributed by atoms with E-state index in [1.807, 2.05) is 42.5 Å². The zero-order valence-corrected chi connectivity index (χ0v) is 15.4. The standard InChI is InChI=1S/C20H22N2O4/c1-13(23)22-18(15-8-9-19(25-3)20(11-15)26-4)12-17(21-22)14-6-5-7-16(10-14)24-2/h5-11,18H,12H2,1-4H3/t18-/m1/s1. The van der Waals surface area contributed by atoms with Gasteiger partial charge in [0.25, 0.3) is 0 Å². The molecule has 0 radical (unpaired) electrons. The molecule has 1 aliphatic heterocycles. The molecule has 0 bridgehead atoms. The van der Waals surface area contributed by atoms with Gasteiger partial charge >= 0.3 is 0 Å². The molecule has 1 amide bonds. The van der Waals surface area contributed by atoms with Crippen LogP contribution in [0.15, 0.2) is 47.6 Å². The molecule has 6 nitrogen and oxygen atoms in total. The number of ether oxygens (including phenoxy) is 3. The molecule has 0 aliphatic carbocycles. The lowest BCUT2D eigenvalue weighted by Gasteiger charge is -2.21. The minimum atomic E-state index is -0.187. The molecule has 3 rings (SSSR count). The van der Waals surface area contributed by atoms with E-state index < -0.39 is 0 Å². The number of benzene rings is 2. The molecule has 1 atom stereocenters. The van der Waals surface area contributed by atoms with Crippen LogP contribution < -0.4 is 14.2 Å². The van der Waals surface area contributed by atoms with Gasteiger partial charge in [-0.2, -0.15) is 5.10 Å². The van der Waals surface area contributed by atoms with Crippen LogP contribution in [0, 0.1) is 0 Å². The predicted molar refractivity (Wildman–Crippen MR) is 99.0 cm³/mol. The van der Waals surface area contributed by atoms with E-state index in [2.05, 4.69) is 5.10 Å². The molecule has 0 saturated heterocycles.